The van der Waals surface area contributed by atoms with Gasteiger partial charge in [0.2, 0.25) is 0 Å². The number of nitrogens with zero attached hydrogens (tertiary/aromatic N) is 1. The molecule has 2 aliphatic heterocycles. The molecule has 4 nitrogen and oxygen atoms in total. The Morgan fingerprint density at radius 3 is 2.32 bits per heavy atom. The number of rotatable bonds is 5. The standard InChI is InChI=1S/C15H29NO3/c1-3-15(2,16-6-10-19-11-7-16)14(17)12-13-4-8-18-9-5-13/h13-14,17H,3-12H2,1-2H3. The van der Waals surface area contributed by atoms with Crippen molar-refractivity contribution in [3.8, 4) is 0 Å². The van der Waals surface area contributed by atoms with E-state index in [1.165, 1.54) is 0 Å². The van der Waals surface area contributed by atoms with Gasteiger partial charge in [0.15, 0.2) is 0 Å². The second kappa shape index (κ2) is 7.02. The Morgan fingerprint density at radius 2 is 1.74 bits per heavy atom. The highest BCUT2D eigenvalue weighted by molar-refractivity contribution is 4.94. The molecule has 0 spiro atoms. The summed E-state index contributed by atoms with van der Waals surface area (Å²) in [5.41, 5.74) is -0.109. The van der Waals surface area contributed by atoms with Crippen LogP contribution in [-0.2, 0) is 9.47 Å². The Balaban J connectivity index is 1.93. The van der Waals surface area contributed by atoms with Gasteiger partial charge in [-0.05, 0) is 38.5 Å². The summed E-state index contributed by atoms with van der Waals surface area (Å²) in [5.74, 6) is 0.621. The molecule has 0 bridgehead atoms. The molecule has 4 heteroatoms. The van der Waals surface area contributed by atoms with Crippen molar-refractivity contribution < 1.29 is 14.6 Å². The first-order valence-corrected chi connectivity index (χ1v) is 7.75. The minimum Gasteiger partial charge on any atom is -0.391 e. The summed E-state index contributed by atoms with van der Waals surface area (Å²) >= 11 is 0. The summed E-state index contributed by atoms with van der Waals surface area (Å²) in [6.45, 7) is 9.57. The smallest absolute Gasteiger partial charge is 0.0723 e. The minimum atomic E-state index is -0.251. The van der Waals surface area contributed by atoms with Crippen molar-refractivity contribution >= 4 is 0 Å². The molecule has 0 aromatic carbocycles. The fourth-order valence-corrected chi connectivity index (χ4v) is 3.30. The Bertz CT molecular complexity index is 262. The molecule has 2 heterocycles. The molecule has 2 rings (SSSR count). The van der Waals surface area contributed by atoms with E-state index in [1.54, 1.807) is 0 Å². The van der Waals surface area contributed by atoms with Crippen LogP contribution >= 0.6 is 0 Å². The number of hydrogen-bond acceptors (Lipinski definition) is 4. The third-order valence-electron chi connectivity index (χ3n) is 5.06. The van der Waals surface area contributed by atoms with Crippen LogP contribution in [0.5, 0.6) is 0 Å². The van der Waals surface area contributed by atoms with Gasteiger partial charge in [0.1, 0.15) is 0 Å². The molecule has 2 aliphatic rings. The highest BCUT2D eigenvalue weighted by atomic mass is 16.5. The topological polar surface area (TPSA) is 41.9 Å². The molecule has 0 aliphatic carbocycles. The molecular formula is C15H29NO3. The van der Waals surface area contributed by atoms with E-state index < -0.39 is 0 Å². The molecule has 0 aromatic heterocycles. The largest absolute Gasteiger partial charge is 0.391 e. The van der Waals surface area contributed by atoms with E-state index in [-0.39, 0.29) is 11.6 Å². The summed E-state index contributed by atoms with van der Waals surface area (Å²) in [6.07, 6.45) is 3.83. The zero-order valence-corrected chi connectivity index (χ0v) is 12.4. The second-order valence-corrected chi connectivity index (χ2v) is 6.12. The number of aliphatic hydroxyl groups excluding tert-OH is 1. The number of ether oxygens (including phenoxy) is 2. The summed E-state index contributed by atoms with van der Waals surface area (Å²) in [4.78, 5) is 2.42. The van der Waals surface area contributed by atoms with Crippen molar-refractivity contribution in [2.45, 2.75) is 51.2 Å². The van der Waals surface area contributed by atoms with Crippen LogP contribution in [0.25, 0.3) is 0 Å². The van der Waals surface area contributed by atoms with Gasteiger partial charge in [-0.2, -0.15) is 0 Å². The molecule has 0 radical (unpaired) electrons. The van der Waals surface area contributed by atoms with Gasteiger partial charge in [0, 0.05) is 31.8 Å². The van der Waals surface area contributed by atoms with Crippen molar-refractivity contribution in [2.24, 2.45) is 5.92 Å². The van der Waals surface area contributed by atoms with Crippen molar-refractivity contribution in [1.29, 1.82) is 0 Å². The molecule has 2 atom stereocenters. The van der Waals surface area contributed by atoms with Crippen LogP contribution in [0.1, 0.15) is 39.5 Å². The van der Waals surface area contributed by atoms with Gasteiger partial charge in [-0.15, -0.1) is 0 Å². The predicted octanol–water partition coefficient (Wildman–Crippen LogP) is 1.66. The molecule has 0 amide bonds. The van der Waals surface area contributed by atoms with E-state index in [0.29, 0.717) is 5.92 Å². The van der Waals surface area contributed by atoms with E-state index in [4.69, 9.17) is 9.47 Å². The van der Waals surface area contributed by atoms with Gasteiger partial charge in [0.25, 0.3) is 0 Å². The summed E-state index contributed by atoms with van der Waals surface area (Å²) in [6, 6.07) is 0. The quantitative estimate of drug-likeness (QED) is 0.826. The maximum atomic E-state index is 10.7. The Morgan fingerprint density at radius 1 is 1.16 bits per heavy atom. The molecule has 2 saturated heterocycles. The Hall–Kier alpha value is -0.160. The maximum absolute atomic E-state index is 10.7. The molecule has 0 saturated carbocycles. The van der Waals surface area contributed by atoms with Gasteiger partial charge in [-0.25, -0.2) is 0 Å². The number of morpholine rings is 1. The van der Waals surface area contributed by atoms with Crippen molar-refractivity contribution in [1.82, 2.24) is 4.90 Å². The minimum absolute atomic E-state index is 0.109. The highest BCUT2D eigenvalue weighted by Crippen LogP contribution is 2.31. The lowest BCUT2D eigenvalue weighted by Crippen LogP contribution is -2.58. The van der Waals surface area contributed by atoms with E-state index >= 15 is 0 Å². The molecule has 19 heavy (non-hydrogen) atoms. The van der Waals surface area contributed by atoms with E-state index in [2.05, 4.69) is 18.7 Å². The zero-order valence-electron chi connectivity index (χ0n) is 12.4. The predicted molar refractivity (Wildman–Crippen MR) is 75.3 cm³/mol. The molecule has 112 valence electrons. The molecular weight excluding hydrogens is 242 g/mol. The van der Waals surface area contributed by atoms with Gasteiger partial charge in [-0.1, -0.05) is 6.92 Å². The fraction of sp³-hybridized carbons (Fsp3) is 1.00. The van der Waals surface area contributed by atoms with Gasteiger partial charge < -0.3 is 14.6 Å². The maximum Gasteiger partial charge on any atom is 0.0723 e. The molecule has 2 unspecified atom stereocenters. The van der Waals surface area contributed by atoms with E-state index in [9.17, 15) is 5.11 Å². The Labute approximate surface area is 117 Å². The fourth-order valence-electron chi connectivity index (χ4n) is 3.30. The summed E-state index contributed by atoms with van der Waals surface area (Å²) < 4.78 is 10.8. The highest BCUT2D eigenvalue weighted by Gasteiger charge is 2.39. The lowest BCUT2D eigenvalue weighted by atomic mass is 9.81. The first-order valence-electron chi connectivity index (χ1n) is 7.75. The summed E-state index contributed by atoms with van der Waals surface area (Å²) in [7, 11) is 0. The molecule has 1 N–H and O–H groups in total. The van der Waals surface area contributed by atoms with Crippen LogP contribution in [0.3, 0.4) is 0 Å². The normalized spacial score (nSPS) is 27.9. The van der Waals surface area contributed by atoms with Gasteiger partial charge in [0.05, 0.1) is 19.3 Å². The van der Waals surface area contributed by atoms with Gasteiger partial charge in [-0.3, -0.25) is 4.90 Å². The van der Waals surface area contributed by atoms with E-state index in [1.807, 2.05) is 0 Å². The monoisotopic (exact) mass is 271 g/mol. The van der Waals surface area contributed by atoms with Crippen molar-refractivity contribution in [3.05, 3.63) is 0 Å². The second-order valence-electron chi connectivity index (χ2n) is 6.12. The number of hydrogen-bond donors (Lipinski definition) is 1. The van der Waals surface area contributed by atoms with Crippen molar-refractivity contribution in [2.75, 3.05) is 39.5 Å². The van der Waals surface area contributed by atoms with E-state index in [0.717, 1.165) is 65.2 Å². The lowest BCUT2D eigenvalue weighted by molar-refractivity contribution is -0.0821. The zero-order chi connectivity index (χ0) is 13.7. The Kier molecular flexibility index (Phi) is 5.63. The third-order valence-corrected chi connectivity index (χ3v) is 5.06. The van der Waals surface area contributed by atoms with Crippen LogP contribution in [0.4, 0.5) is 0 Å². The molecule has 0 aromatic rings. The average molecular weight is 271 g/mol. The first kappa shape index (κ1) is 15.2. The lowest BCUT2D eigenvalue weighted by Gasteiger charge is -2.46. The van der Waals surface area contributed by atoms with Crippen LogP contribution in [0.2, 0.25) is 0 Å². The van der Waals surface area contributed by atoms with Gasteiger partial charge >= 0.3 is 0 Å². The van der Waals surface area contributed by atoms with Crippen LogP contribution in [0, 0.1) is 5.92 Å². The van der Waals surface area contributed by atoms with Crippen molar-refractivity contribution in [3.63, 3.8) is 0 Å². The first-order chi connectivity index (χ1) is 9.16. The average Bonchev–Trinajstić information content (AvgIpc) is 2.48. The SMILES string of the molecule is CCC(C)(C(O)CC1CCOCC1)N1CCOCC1. The van der Waals surface area contributed by atoms with Crippen LogP contribution in [-0.4, -0.2) is 61.2 Å². The van der Waals surface area contributed by atoms with Crippen LogP contribution in [0.15, 0.2) is 0 Å². The number of aliphatic hydroxyl groups is 1. The third kappa shape index (κ3) is 3.69. The summed E-state index contributed by atoms with van der Waals surface area (Å²) in [5, 5.41) is 10.7. The van der Waals surface area contributed by atoms with Crippen LogP contribution < -0.4 is 0 Å². The molecule has 2 fully saturated rings.